The maximum atomic E-state index is 6.27. The van der Waals surface area contributed by atoms with Gasteiger partial charge in [-0.05, 0) is 47.0 Å². The van der Waals surface area contributed by atoms with E-state index in [9.17, 15) is 0 Å². The molecule has 4 nitrogen and oxygen atoms in total. The summed E-state index contributed by atoms with van der Waals surface area (Å²) in [6, 6.07) is 1.92. The molecule has 0 aliphatic carbocycles. The Kier molecular flexibility index (Phi) is 3.82. The van der Waals surface area contributed by atoms with Crippen molar-refractivity contribution >= 4 is 15.9 Å². The number of aromatic nitrogens is 3. The van der Waals surface area contributed by atoms with Gasteiger partial charge in [-0.3, -0.25) is 9.67 Å². The third-order valence-corrected chi connectivity index (χ3v) is 4.19. The van der Waals surface area contributed by atoms with E-state index in [-0.39, 0.29) is 6.04 Å². The molecule has 0 aliphatic heterocycles. The first-order valence-corrected chi connectivity index (χ1v) is 6.64. The van der Waals surface area contributed by atoms with Crippen molar-refractivity contribution in [1.29, 1.82) is 0 Å². The molecule has 0 fully saturated rings. The molecule has 0 aliphatic rings. The second-order valence-electron chi connectivity index (χ2n) is 4.51. The normalized spacial score (nSPS) is 12.7. The summed E-state index contributed by atoms with van der Waals surface area (Å²) in [5.41, 5.74) is 10.6. The number of halogens is 1. The molecule has 0 spiro atoms. The fourth-order valence-electron chi connectivity index (χ4n) is 2.08. The van der Waals surface area contributed by atoms with E-state index < -0.39 is 0 Å². The van der Waals surface area contributed by atoms with Crippen LogP contribution >= 0.6 is 15.9 Å². The third-order valence-electron chi connectivity index (χ3n) is 3.15. The summed E-state index contributed by atoms with van der Waals surface area (Å²) in [5.74, 6) is 0. The second-order valence-corrected chi connectivity index (χ2v) is 5.31. The van der Waals surface area contributed by atoms with Crippen molar-refractivity contribution in [2.45, 2.75) is 26.3 Å². The fraction of sp³-hybridized carbons (Fsp3) is 0.385. The Balaban J connectivity index is 2.27. The summed E-state index contributed by atoms with van der Waals surface area (Å²) in [5, 5.41) is 4.38. The Bertz CT molecular complexity index is 562. The van der Waals surface area contributed by atoms with Gasteiger partial charge >= 0.3 is 0 Å². The summed E-state index contributed by atoms with van der Waals surface area (Å²) in [6.45, 7) is 4.04. The van der Waals surface area contributed by atoms with Gasteiger partial charge in [-0.1, -0.05) is 0 Å². The van der Waals surface area contributed by atoms with Crippen LogP contribution in [0.4, 0.5) is 0 Å². The lowest BCUT2D eigenvalue weighted by atomic mass is 10.0. The van der Waals surface area contributed by atoms with Crippen LogP contribution in [0.25, 0.3) is 0 Å². The average molecular weight is 309 g/mol. The van der Waals surface area contributed by atoms with Crippen LogP contribution in [0.2, 0.25) is 0 Å². The second kappa shape index (κ2) is 5.20. The van der Waals surface area contributed by atoms with Crippen molar-refractivity contribution in [2.75, 3.05) is 0 Å². The molecule has 0 radical (unpaired) electrons. The lowest BCUT2D eigenvalue weighted by Gasteiger charge is -2.14. The molecule has 18 heavy (non-hydrogen) atoms. The highest BCUT2D eigenvalue weighted by atomic mass is 79.9. The molecule has 0 saturated heterocycles. The van der Waals surface area contributed by atoms with Crippen LogP contribution in [-0.4, -0.2) is 14.8 Å². The largest absolute Gasteiger partial charge is 0.324 e. The lowest BCUT2D eigenvalue weighted by Crippen LogP contribution is -2.17. The first-order valence-electron chi connectivity index (χ1n) is 5.84. The van der Waals surface area contributed by atoms with Crippen molar-refractivity contribution in [3.05, 3.63) is 45.4 Å². The average Bonchev–Trinajstić information content (AvgIpc) is 2.56. The van der Waals surface area contributed by atoms with Gasteiger partial charge in [0.05, 0.1) is 15.9 Å². The highest BCUT2D eigenvalue weighted by molar-refractivity contribution is 9.10. The van der Waals surface area contributed by atoms with Gasteiger partial charge in [0.1, 0.15) is 0 Å². The molecular formula is C13H17BrN4. The summed E-state index contributed by atoms with van der Waals surface area (Å²) in [6.07, 6.45) is 4.37. The van der Waals surface area contributed by atoms with Gasteiger partial charge in [-0.25, -0.2) is 0 Å². The molecular weight excluding hydrogens is 292 g/mol. The van der Waals surface area contributed by atoms with Gasteiger partial charge in [0.2, 0.25) is 0 Å². The first-order chi connectivity index (χ1) is 8.50. The molecule has 0 saturated carbocycles. The van der Waals surface area contributed by atoms with Crippen LogP contribution in [0, 0.1) is 13.8 Å². The molecule has 2 aromatic rings. The van der Waals surface area contributed by atoms with Crippen molar-refractivity contribution in [2.24, 2.45) is 12.8 Å². The van der Waals surface area contributed by atoms with Crippen LogP contribution in [0.15, 0.2) is 22.9 Å². The van der Waals surface area contributed by atoms with Crippen molar-refractivity contribution < 1.29 is 0 Å². The summed E-state index contributed by atoms with van der Waals surface area (Å²) < 4.78 is 2.92. The van der Waals surface area contributed by atoms with E-state index in [0.29, 0.717) is 0 Å². The monoisotopic (exact) mass is 308 g/mol. The van der Waals surface area contributed by atoms with Crippen molar-refractivity contribution in [3.63, 3.8) is 0 Å². The van der Waals surface area contributed by atoms with Crippen LogP contribution < -0.4 is 5.73 Å². The number of hydrogen-bond acceptors (Lipinski definition) is 3. The fourth-order valence-corrected chi connectivity index (χ4v) is 2.58. The van der Waals surface area contributed by atoms with Crippen LogP contribution in [0.1, 0.15) is 28.6 Å². The van der Waals surface area contributed by atoms with Crippen LogP contribution in [-0.2, 0) is 13.5 Å². The first kappa shape index (κ1) is 13.2. The molecule has 1 unspecified atom stereocenters. The van der Waals surface area contributed by atoms with Crippen LogP contribution in [0.5, 0.6) is 0 Å². The number of rotatable bonds is 3. The molecule has 2 aromatic heterocycles. The molecule has 2 rings (SSSR count). The minimum Gasteiger partial charge on any atom is -0.324 e. The lowest BCUT2D eigenvalue weighted by molar-refractivity contribution is 0.634. The number of pyridine rings is 1. The molecule has 96 valence electrons. The van der Waals surface area contributed by atoms with Gasteiger partial charge in [-0.2, -0.15) is 5.10 Å². The zero-order chi connectivity index (χ0) is 13.3. The molecule has 5 heteroatoms. The maximum Gasteiger partial charge on any atom is 0.0738 e. The standard InChI is InChI=1S/C13H17BrN4/c1-8-4-5-16-7-10(8)11(15)6-12-13(14)9(2)17-18(12)3/h4-5,7,11H,6,15H2,1-3H3. The number of nitrogens with two attached hydrogens (primary N) is 1. The number of aryl methyl sites for hydroxylation is 3. The van der Waals surface area contributed by atoms with E-state index in [1.165, 1.54) is 5.56 Å². The van der Waals surface area contributed by atoms with Gasteiger partial charge in [0.15, 0.2) is 0 Å². The summed E-state index contributed by atoms with van der Waals surface area (Å²) >= 11 is 3.57. The third kappa shape index (κ3) is 2.47. The number of hydrogen-bond donors (Lipinski definition) is 1. The Labute approximate surface area is 115 Å². The Hall–Kier alpha value is -1.20. The van der Waals surface area contributed by atoms with E-state index in [1.54, 1.807) is 6.20 Å². The molecule has 0 amide bonds. The van der Waals surface area contributed by atoms with Crippen LogP contribution in [0.3, 0.4) is 0 Å². The van der Waals surface area contributed by atoms with E-state index in [0.717, 1.165) is 27.8 Å². The van der Waals surface area contributed by atoms with E-state index >= 15 is 0 Å². The zero-order valence-corrected chi connectivity index (χ0v) is 12.4. The molecule has 2 heterocycles. The van der Waals surface area contributed by atoms with Crippen molar-refractivity contribution in [3.8, 4) is 0 Å². The quantitative estimate of drug-likeness (QED) is 0.947. The highest BCUT2D eigenvalue weighted by Gasteiger charge is 2.16. The van der Waals surface area contributed by atoms with E-state index in [1.807, 2.05) is 30.9 Å². The van der Waals surface area contributed by atoms with Gasteiger partial charge in [-0.15, -0.1) is 0 Å². The Morgan fingerprint density at radius 2 is 2.17 bits per heavy atom. The van der Waals surface area contributed by atoms with Crippen molar-refractivity contribution in [1.82, 2.24) is 14.8 Å². The molecule has 0 bridgehead atoms. The minimum atomic E-state index is -0.0650. The highest BCUT2D eigenvalue weighted by Crippen LogP contribution is 2.25. The van der Waals surface area contributed by atoms with Gasteiger partial charge < -0.3 is 5.73 Å². The zero-order valence-electron chi connectivity index (χ0n) is 10.8. The Morgan fingerprint density at radius 3 is 2.72 bits per heavy atom. The van der Waals surface area contributed by atoms with Gasteiger partial charge in [0.25, 0.3) is 0 Å². The Morgan fingerprint density at radius 1 is 1.44 bits per heavy atom. The minimum absolute atomic E-state index is 0.0650. The predicted octanol–water partition coefficient (Wildman–Crippen LogP) is 2.44. The van der Waals surface area contributed by atoms with E-state index in [2.05, 4.69) is 32.9 Å². The topological polar surface area (TPSA) is 56.7 Å². The van der Waals surface area contributed by atoms with E-state index in [4.69, 9.17) is 5.73 Å². The van der Waals surface area contributed by atoms with Gasteiger partial charge in [0, 0.05) is 31.9 Å². The maximum absolute atomic E-state index is 6.27. The summed E-state index contributed by atoms with van der Waals surface area (Å²) in [4.78, 5) is 4.14. The molecule has 1 atom stereocenters. The smallest absolute Gasteiger partial charge is 0.0738 e. The summed E-state index contributed by atoms with van der Waals surface area (Å²) in [7, 11) is 1.94. The molecule has 2 N–H and O–H groups in total. The molecule has 0 aromatic carbocycles. The predicted molar refractivity (Wildman–Crippen MR) is 75.3 cm³/mol. The number of nitrogens with zero attached hydrogens (tertiary/aromatic N) is 3. The SMILES string of the molecule is Cc1ccncc1C(N)Cc1c(Br)c(C)nn1C.